The van der Waals surface area contributed by atoms with Gasteiger partial charge in [0.15, 0.2) is 0 Å². The molecule has 0 aliphatic carbocycles. The lowest BCUT2D eigenvalue weighted by atomic mass is 10.2. The topological polar surface area (TPSA) is 75.1 Å². The van der Waals surface area contributed by atoms with E-state index in [1.165, 1.54) is 6.07 Å². The van der Waals surface area contributed by atoms with Crippen molar-refractivity contribution in [3.8, 4) is 6.07 Å². The molecule has 0 aliphatic heterocycles. The first kappa shape index (κ1) is 12.3. The van der Waals surface area contributed by atoms with Crippen LogP contribution >= 0.6 is 0 Å². The number of carbonyl (C=O) groups is 1. The predicted octanol–water partition coefficient (Wildman–Crippen LogP) is 1.39. The number of hydrogen-bond donors (Lipinski definition) is 1. The van der Waals surface area contributed by atoms with E-state index < -0.39 is 5.97 Å². The van der Waals surface area contributed by atoms with Crippen LogP contribution in [-0.4, -0.2) is 31.3 Å². The highest BCUT2D eigenvalue weighted by Crippen LogP contribution is 2.10. The maximum atomic E-state index is 11.6. The molecule has 0 saturated carbocycles. The molecule has 0 aliphatic rings. The van der Waals surface area contributed by atoms with E-state index in [0.29, 0.717) is 36.6 Å². The highest BCUT2D eigenvalue weighted by molar-refractivity contribution is 5.91. The van der Waals surface area contributed by atoms with Crippen molar-refractivity contribution in [1.82, 2.24) is 4.98 Å². The van der Waals surface area contributed by atoms with Crippen molar-refractivity contribution < 1.29 is 14.3 Å². The third kappa shape index (κ3) is 3.11. The number of nitrogens with zero attached hydrogens (tertiary/aromatic N) is 1. The molecule has 5 heteroatoms. The largest absolute Gasteiger partial charge is 0.462 e. The monoisotopic (exact) mass is 222 g/mol. The maximum absolute atomic E-state index is 11.6. The average molecular weight is 222 g/mol. The van der Waals surface area contributed by atoms with Crippen LogP contribution in [0.3, 0.4) is 0 Å². The highest BCUT2D eigenvalue weighted by atomic mass is 16.5. The lowest BCUT2D eigenvalue weighted by molar-refractivity contribution is 0.0468. The molecule has 0 fully saturated rings. The quantitative estimate of drug-likeness (QED) is 0.603. The number of nitriles is 1. The van der Waals surface area contributed by atoms with Crippen LogP contribution in [0.5, 0.6) is 0 Å². The number of H-pyrrole nitrogens is 1. The fourth-order valence-electron chi connectivity index (χ4n) is 1.28. The zero-order chi connectivity index (χ0) is 12.0. The van der Waals surface area contributed by atoms with Crippen LogP contribution in [0.15, 0.2) is 6.07 Å². The molecule has 0 unspecified atom stereocenters. The molecule has 86 valence electrons. The van der Waals surface area contributed by atoms with E-state index in [0.717, 1.165) is 0 Å². The van der Waals surface area contributed by atoms with Crippen molar-refractivity contribution in [2.45, 2.75) is 13.3 Å². The van der Waals surface area contributed by atoms with E-state index >= 15 is 0 Å². The summed E-state index contributed by atoms with van der Waals surface area (Å²) >= 11 is 0. The van der Waals surface area contributed by atoms with Crippen LogP contribution in [0.25, 0.3) is 0 Å². The van der Waals surface area contributed by atoms with E-state index in [1.54, 1.807) is 14.0 Å². The summed E-state index contributed by atoms with van der Waals surface area (Å²) in [5.41, 5.74) is 1.42. The number of ether oxygens (including phenoxy) is 2. The van der Waals surface area contributed by atoms with Crippen molar-refractivity contribution in [3.05, 3.63) is 23.0 Å². The number of hydrogen-bond acceptors (Lipinski definition) is 4. The third-order valence-corrected chi connectivity index (χ3v) is 2.08. The summed E-state index contributed by atoms with van der Waals surface area (Å²) in [6, 6.07) is 3.43. The Morgan fingerprint density at radius 1 is 1.56 bits per heavy atom. The first-order valence-electron chi connectivity index (χ1n) is 4.94. The fourth-order valence-corrected chi connectivity index (χ4v) is 1.28. The highest BCUT2D eigenvalue weighted by Gasteiger charge is 2.13. The summed E-state index contributed by atoms with van der Waals surface area (Å²) in [7, 11) is 1.59. The minimum atomic E-state index is -0.411. The number of aromatic amines is 1. The number of rotatable bonds is 5. The molecule has 0 atom stereocenters. The van der Waals surface area contributed by atoms with E-state index in [-0.39, 0.29) is 0 Å². The van der Waals surface area contributed by atoms with Gasteiger partial charge in [-0.1, -0.05) is 0 Å². The van der Waals surface area contributed by atoms with Gasteiger partial charge in [0.25, 0.3) is 0 Å². The van der Waals surface area contributed by atoms with Crippen molar-refractivity contribution in [1.29, 1.82) is 5.26 Å². The molecule has 0 bridgehead atoms. The van der Waals surface area contributed by atoms with E-state index in [4.69, 9.17) is 14.7 Å². The van der Waals surface area contributed by atoms with Gasteiger partial charge in [-0.3, -0.25) is 0 Å². The SMILES string of the molecule is COCCCOC(=O)c1cc(C#N)[nH]c1C. The van der Waals surface area contributed by atoms with Gasteiger partial charge in [-0.15, -0.1) is 0 Å². The Morgan fingerprint density at radius 3 is 2.88 bits per heavy atom. The van der Waals surface area contributed by atoms with Gasteiger partial charge in [0.2, 0.25) is 0 Å². The second-order valence-corrected chi connectivity index (χ2v) is 3.32. The number of nitrogens with one attached hydrogen (secondary N) is 1. The minimum absolute atomic E-state index is 0.319. The smallest absolute Gasteiger partial charge is 0.339 e. The zero-order valence-electron chi connectivity index (χ0n) is 9.37. The van der Waals surface area contributed by atoms with Crippen molar-refractivity contribution in [3.63, 3.8) is 0 Å². The molecule has 16 heavy (non-hydrogen) atoms. The Kier molecular flexibility index (Phi) is 4.55. The zero-order valence-corrected chi connectivity index (χ0v) is 9.37. The lowest BCUT2D eigenvalue weighted by Crippen LogP contribution is -2.08. The van der Waals surface area contributed by atoms with Gasteiger partial charge in [-0.05, 0) is 13.0 Å². The van der Waals surface area contributed by atoms with Gasteiger partial charge in [-0.2, -0.15) is 5.26 Å². The number of methoxy groups -OCH3 is 1. The standard InChI is InChI=1S/C11H14N2O3/c1-8-10(6-9(7-12)13-8)11(14)16-5-3-4-15-2/h6,13H,3-5H2,1-2H3. The summed E-state index contributed by atoms with van der Waals surface area (Å²) in [4.78, 5) is 14.4. The molecular formula is C11H14N2O3. The van der Waals surface area contributed by atoms with E-state index in [1.807, 2.05) is 6.07 Å². The Hall–Kier alpha value is -1.80. The molecule has 1 aromatic rings. The van der Waals surface area contributed by atoms with Crippen LogP contribution < -0.4 is 0 Å². The van der Waals surface area contributed by atoms with Gasteiger partial charge in [0.05, 0.1) is 12.2 Å². The summed E-state index contributed by atoms with van der Waals surface area (Å²) < 4.78 is 9.85. The number of esters is 1. The summed E-state index contributed by atoms with van der Waals surface area (Å²) in [5.74, 6) is -0.411. The van der Waals surface area contributed by atoms with E-state index in [9.17, 15) is 4.79 Å². The molecular weight excluding hydrogens is 208 g/mol. The Balaban J connectivity index is 2.53. The molecule has 5 nitrogen and oxygen atoms in total. The van der Waals surface area contributed by atoms with Gasteiger partial charge < -0.3 is 14.5 Å². The summed E-state index contributed by atoms with van der Waals surface area (Å²) in [6.45, 7) is 2.61. The van der Waals surface area contributed by atoms with Crippen molar-refractivity contribution in [2.75, 3.05) is 20.3 Å². The molecule has 1 heterocycles. The molecule has 0 amide bonds. The molecule has 0 saturated heterocycles. The van der Waals surface area contributed by atoms with Crippen LogP contribution in [0, 0.1) is 18.3 Å². The van der Waals surface area contributed by atoms with Crippen LogP contribution in [0.4, 0.5) is 0 Å². The molecule has 0 radical (unpaired) electrons. The van der Waals surface area contributed by atoms with Crippen LogP contribution in [0.2, 0.25) is 0 Å². The second kappa shape index (κ2) is 5.93. The summed E-state index contributed by atoms with van der Waals surface area (Å²) in [5, 5.41) is 8.65. The molecule has 1 rings (SSSR count). The van der Waals surface area contributed by atoms with Gasteiger partial charge >= 0.3 is 5.97 Å². The van der Waals surface area contributed by atoms with Gasteiger partial charge in [0.1, 0.15) is 11.8 Å². The molecule has 0 aromatic carbocycles. The first-order valence-corrected chi connectivity index (χ1v) is 4.94. The normalized spacial score (nSPS) is 9.81. The third-order valence-electron chi connectivity index (χ3n) is 2.08. The number of carbonyl (C=O) groups excluding carboxylic acids is 1. The number of aromatic nitrogens is 1. The molecule has 1 N–H and O–H groups in total. The second-order valence-electron chi connectivity index (χ2n) is 3.32. The Morgan fingerprint density at radius 2 is 2.31 bits per heavy atom. The molecule has 0 spiro atoms. The van der Waals surface area contributed by atoms with Crippen LogP contribution in [0.1, 0.15) is 28.2 Å². The molecule has 1 aromatic heterocycles. The van der Waals surface area contributed by atoms with Gasteiger partial charge in [-0.25, -0.2) is 4.79 Å². The summed E-state index contributed by atoms with van der Waals surface area (Å²) in [6.07, 6.45) is 0.664. The van der Waals surface area contributed by atoms with Gasteiger partial charge in [0, 0.05) is 25.8 Å². The predicted molar refractivity (Wildman–Crippen MR) is 57.0 cm³/mol. The Bertz CT molecular complexity index is 404. The fraction of sp³-hybridized carbons (Fsp3) is 0.455. The minimum Gasteiger partial charge on any atom is -0.462 e. The number of aryl methyl sites for hydroxylation is 1. The van der Waals surface area contributed by atoms with Crippen LogP contribution in [-0.2, 0) is 9.47 Å². The first-order chi connectivity index (χ1) is 7.69. The lowest BCUT2D eigenvalue weighted by Gasteiger charge is -2.03. The van der Waals surface area contributed by atoms with E-state index in [2.05, 4.69) is 4.98 Å². The maximum Gasteiger partial charge on any atom is 0.339 e. The Labute approximate surface area is 94.0 Å². The van der Waals surface area contributed by atoms with Crippen molar-refractivity contribution in [2.24, 2.45) is 0 Å². The average Bonchev–Trinajstić information content (AvgIpc) is 2.66. The van der Waals surface area contributed by atoms with Crippen molar-refractivity contribution >= 4 is 5.97 Å².